The summed E-state index contributed by atoms with van der Waals surface area (Å²) in [6.07, 6.45) is 7.08. The van der Waals surface area contributed by atoms with Gasteiger partial charge < -0.3 is 4.42 Å². The number of aryl methyl sites for hydroxylation is 2. The van der Waals surface area contributed by atoms with E-state index in [1.54, 1.807) is 0 Å². The van der Waals surface area contributed by atoms with Gasteiger partial charge in [-0.15, -0.1) is 10.2 Å². The van der Waals surface area contributed by atoms with Gasteiger partial charge in [-0.1, -0.05) is 24.3 Å². The maximum atomic E-state index is 5.91. The third kappa shape index (κ3) is 3.49. The maximum Gasteiger partial charge on any atom is 0.230 e. The molecule has 1 fully saturated rings. The summed E-state index contributed by atoms with van der Waals surface area (Å²) in [5.74, 6) is 1.38. The Labute approximate surface area is 147 Å². The zero-order chi connectivity index (χ0) is 17.2. The van der Waals surface area contributed by atoms with Crippen LogP contribution >= 0.6 is 0 Å². The predicted molar refractivity (Wildman–Crippen MR) is 93.9 cm³/mol. The molecule has 0 radical (unpaired) electrons. The van der Waals surface area contributed by atoms with Crippen molar-refractivity contribution in [2.75, 3.05) is 6.54 Å². The van der Waals surface area contributed by atoms with Gasteiger partial charge in [-0.3, -0.25) is 9.58 Å². The highest BCUT2D eigenvalue weighted by Gasteiger charge is 2.28. The molecule has 0 amide bonds. The van der Waals surface area contributed by atoms with Crippen molar-refractivity contribution < 1.29 is 4.42 Å². The Balaban J connectivity index is 1.45. The van der Waals surface area contributed by atoms with Crippen LogP contribution in [0.1, 0.15) is 47.4 Å². The van der Waals surface area contributed by atoms with Crippen molar-refractivity contribution in [3.63, 3.8) is 0 Å². The van der Waals surface area contributed by atoms with Gasteiger partial charge in [-0.25, -0.2) is 0 Å². The van der Waals surface area contributed by atoms with E-state index in [1.807, 2.05) is 30.1 Å². The fourth-order valence-electron chi connectivity index (χ4n) is 3.57. The number of nitrogens with zero attached hydrogens (tertiary/aromatic N) is 5. The van der Waals surface area contributed by atoms with Gasteiger partial charge in [0.2, 0.25) is 11.8 Å². The predicted octanol–water partition coefficient (Wildman–Crippen LogP) is 3.04. The summed E-state index contributed by atoms with van der Waals surface area (Å²) >= 11 is 0. The third-order valence-electron chi connectivity index (χ3n) is 4.92. The minimum atomic E-state index is 0.389. The molecule has 3 aromatic rings. The fraction of sp³-hybridized carbons (Fsp3) is 0.421. The first-order valence-corrected chi connectivity index (χ1v) is 8.77. The standard InChI is InChI=1S/C19H23N5O/c1-14-6-3-4-7-15(14)10-18-21-22-19(25-18)13-24-9-5-8-17(24)16-11-20-23(2)12-16/h3-4,6-7,11-12,17H,5,8-10,13H2,1-2H3. The largest absolute Gasteiger partial charge is 0.424 e. The van der Waals surface area contributed by atoms with Crippen LogP contribution in [0.4, 0.5) is 0 Å². The van der Waals surface area contributed by atoms with Crippen molar-refractivity contribution >= 4 is 0 Å². The van der Waals surface area contributed by atoms with Crippen LogP contribution in [-0.4, -0.2) is 31.4 Å². The molecular weight excluding hydrogens is 314 g/mol. The smallest absolute Gasteiger partial charge is 0.230 e. The van der Waals surface area contributed by atoms with Crippen molar-refractivity contribution in [2.24, 2.45) is 7.05 Å². The van der Waals surface area contributed by atoms with E-state index in [0.29, 0.717) is 30.8 Å². The molecule has 0 spiro atoms. The molecule has 0 aliphatic carbocycles. The molecule has 1 aliphatic heterocycles. The fourth-order valence-corrected chi connectivity index (χ4v) is 3.57. The lowest BCUT2D eigenvalue weighted by Gasteiger charge is -2.21. The van der Waals surface area contributed by atoms with Gasteiger partial charge >= 0.3 is 0 Å². The molecule has 0 bridgehead atoms. The van der Waals surface area contributed by atoms with E-state index in [-0.39, 0.29) is 0 Å². The first-order chi connectivity index (χ1) is 12.2. The Morgan fingerprint density at radius 1 is 1.20 bits per heavy atom. The van der Waals surface area contributed by atoms with Crippen molar-refractivity contribution in [1.29, 1.82) is 0 Å². The molecule has 0 saturated carbocycles. The van der Waals surface area contributed by atoms with Crippen LogP contribution in [0.25, 0.3) is 0 Å². The Morgan fingerprint density at radius 3 is 2.84 bits per heavy atom. The first kappa shape index (κ1) is 16.0. The summed E-state index contributed by atoms with van der Waals surface area (Å²) in [4.78, 5) is 2.40. The number of aromatic nitrogens is 4. The Morgan fingerprint density at radius 2 is 2.04 bits per heavy atom. The lowest BCUT2D eigenvalue weighted by Crippen LogP contribution is -2.22. The summed E-state index contributed by atoms with van der Waals surface area (Å²) in [5, 5.41) is 12.8. The van der Waals surface area contributed by atoms with Gasteiger partial charge in [0.1, 0.15) is 0 Å². The monoisotopic (exact) mass is 337 g/mol. The molecule has 1 unspecified atom stereocenters. The van der Waals surface area contributed by atoms with Gasteiger partial charge in [0.05, 0.1) is 19.2 Å². The van der Waals surface area contributed by atoms with E-state index >= 15 is 0 Å². The minimum absolute atomic E-state index is 0.389. The SMILES string of the molecule is Cc1ccccc1Cc1nnc(CN2CCCC2c2cnn(C)c2)o1. The molecule has 1 atom stereocenters. The number of rotatable bonds is 5. The topological polar surface area (TPSA) is 60.0 Å². The summed E-state index contributed by atoms with van der Waals surface area (Å²) in [7, 11) is 1.96. The van der Waals surface area contributed by atoms with Gasteiger partial charge in [0.25, 0.3) is 0 Å². The number of hydrogen-bond donors (Lipinski definition) is 0. The molecule has 6 nitrogen and oxygen atoms in total. The van der Waals surface area contributed by atoms with Crippen molar-refractivity contribution in [2.45, 2.75) is 38.8 Å². The van der Waals surface area contributed by atoms with Gasteiger partial charge in [0.15, 0.2) is 0 Å². The summed E-state index contributed by atoms with van der Waals surface area (Å²) in [6.45, 7) is 3.85. The average Bonchev–Trinajstić information content (AvgIpc) is 3.32. The molecule has 1 aromatic carbocycles. The molecule has 4 rings (SSSR count). The van der Waals surface area contributed by atoms with Gasteiger partial charge in [-0.05, 0) is 37.4 Å². The molecule has 130 valence electrons. The summed E-state index contributed by atoms with van der Waals surface area (Å²) in [5.41, 5.74) is 3.74. The molecule has 25 heavy (non-hydrogen) atoms. The van der Waals surface area contributed by atoms with Gasteiger partial charge in [0, 0.05) is 24.8 Å². The van der Waals surface area contributed by atoms with Crippen LogP contribution in [0.3, 0.4) is 0 Å². The Hall–Kier alpha value is -2.47. The lowest BCUT2D eigenvalue weighted by molar-refractivity contribution is 0.221. The average molecular weight is 337 g/mol. The molecule has 3 heterocycles. The second kappa shape index (κ2) is 6.80. The molecule has 2 aromatic heterocycles. The molecule has 6 heteroatoms. The third-order valence-corrected chi connectivity index (χ3v) is 4.92. The Bertz CT molecular complexity index is 853. The zero-order valence-electron chi connectivity index (χ0n) is 14.7. The quantitative estimate of drug-likeness (QED) is 0.716. The second-order valence-corrected chi connectivity index (χ2v) is 6.77. The molecule has 0 N–H and O–H groups in total. The van der Waals surface area contributed by atoms with Crippen LogP contribution in [-0.2, 0) is 20.0 Å². The van der Waals surface area contributed by atoms with Crippen LogP contribution in [0.15, 0.2) is 41.1 Å². The van der Waals surface area contributed by atoms with E-state index in [4.69, 9.17) is 4.42 Å². The summed E-state index contributed by atoms with van der Waals surface area (Å²) < 4.78 is 7.77. The van der Waals surface area contributed by atoms with Gasteiger partial charge in [-0.2, -0.15) is 5.10 Å². The van der Waals surface area contributed by atoms with Crippen LogP contribution in [0.2, 0.25) is 0 Å². The first-order valence-electron chi connectivity index (χ1n) is 8.77. The molecular formula is C19H23N5O. The van der Waals surface area contributed by atoms with Crippen molar-refractivity contribution in [1.82, 2.24) is 24.9 Å². The molecule has 1 aliphatic rings. The van der Waals surface area contributed by atoms with Crippen molar-refractivity contribution in [3.05, 3.63) is 65.1 Å². The molecule has 1 saturated heterocycles. The van der Waals surface area contributed by atoms with Crippen LogP contribution in [0.5, 0.6) is 0 Å². The summed E-state index contributed by atoms with van der Waals surface area (Å²) in [6, 6.07) is 8.69. The van der Waals surface area contributed by atoms with E-state index in [0.717, 1.165) is 13.0 Å². The highest BCUT2D eigenvalue weighted by atomic mass is 16.4. The Kier molecular flexibility index (Phi) is 4.36. The highest BCUT2D eigenvalue weighted by molar-refractivity contribution is 5.27. The van der Waals surface area contributed by atoms with E-state index in [1.165, 1.54) is 23.1 Å². The van der Waals surface area contributed by atoms with E-state index in [9.17, 15) is 0 Å². The maximum absolute atomic E-state index is 5.91. The van der Waals surface area contributed by atoms with Crippen LogP contribution < -0.4 is 0 Å². The normalized spacial score (nSPS) is 18.1. The van der Waals surface area contributed by atoms with E-state index in [2.05, 4.69) is 45.4 Å². The number of benzene rings is 1. The second-order valence-electron chi connectivity index (χ2n) is 6.77. The number of hydrogen-bond acceptors (Lipinski definition) is 5. The number of likely N-dealkylation sites (tertiary alicyclic amines) is 1. The lowest BCUT2D eigenvalue weighted by atomic mass is 10.1. The van der Waals surface area contributed by atoms with E-state index < -0.39 is 0 Å². The van der Waals surface area contributed by atoms with Crippen molar-refractivity contribution in [3.8, 4) is 0 Å². The van der Waals surface area contributed by atoms with Crippen LogP contribution in [0, 0.1) is 6.92 Å². The minimum Gasteiger partial charge on any atom is -0.424 e. The zero-order valence-corrected chi connectivity index (χ0v) is 14.7. The highest BCUT2D eigenvalue weighted by Crippen LogP contribution is 2.32.